The Bertz CT molecular complexity index is 1360. The van der Waals surface area contributed by atoms with E-state index in [1.807, 2.05) is 6.07 Å². The molecule has 1 aliphatic heterocycles. The molecule has 37 heavy (non-hydrogen) atoms. The Balaban J connectivity index is 1.78. The van der Waals surface area contributed by atoms with E-state index >= 15 is 0 Å². The summed E-state index contributed by atoms with van der Waals surface area (Å²) in [6.45, 7) is 6.20. The number of carboxylic acid groups (broad SMARTS) is 1. The smallest absolute Gasteiger partial charge is 0.416 e. The van der Waals surface area contributed by atoms with Gasteiger partial charge in [-0.1, -0.05) is 23.7 Å². The molecule has 1 fully saturated rings. The zero-order chi connectivity index (χ0) is 26.7. The molecule has 0 saturated carbocycles. The van der Waals surface area contributed by atoms with Gasteiger partial charge in [-0.25, -0.2) is 14.6 Å². The third-order valence-corrected chi connectivity index (χ3v) is 5.97. The van der Waals surface area contributed by atoms with Gasteiger partial charge in [0.1, 0.15) is 28.9 Å². The van der Waals surface area contributed by atoms with E-state index in [-0.39, 0.29) is 23.8 Å². The summed E-state index contributed by atoms with van der Waals surface area (Å²) in [4.78, 5) is 32.2. The molecular formula is C25H28ClN7O4. The fourth-order valence-electron chi connectivity index (χ4n) is 4.14. The maximum Gasteiger partial charge on any atom is 0.416 e. The highest BCUT2D eigenvalue weighted by molar-refractivity contribution is 6.30. The van der Waals surface area contributed by atoms with E-state index < -0.39 is 17.8 Å². The number of halogens is 1. The Labute approximate surface area is 219 Å². The number of anilines is 2. The van der Waals surface area contributed by atoms with Gasteiger partial charge >= 0.3 is 12.2 Å². The summed E-state index contributed by atoms with van der Waals surface area (Å²) in [6, 6.07) is 10.7. The van der Waals surface area contributed by atoms with Crippen molar-refractivity contribution in [2.24, 2.45) is 0 Å². The largest absolute Gasteiger partial charge is 0.465 e. The molecule has 2 aromatic heterocycles. The number of ether oxygens (including phenoxy) is 1. The van der Waals surface area contributed by atoms with Crippen LogP contribution in [0.15, 0.2) is 36.5 Å². The van der Waals surface area contributed by atoms with Crippen LogP contribution < -0.4 is 10.2 Å². The van der Waals surface area contributed by atoms with Gasteiger partial charge in [-0.15, -0.1) is 0 Å². The number of nitrogens with one attached hydrogen (secondary N) is 1. The van der Waals surface area contributed by atoms with Gasteiger partial charge in [0.2, 0.25) is 0 Å². The number of fused-ring (bicyclic) bond motifs is 1. The Morgan fingerprint density at radius 3 is 2.81 bits per heavy atom. The van der Waals surface area contributed by atoms with Crippen LogP contribution in [0.3, 0.4) is 0 Å². The van der Waals surface area contributed by atoms with Gasteiger partial charge < -0.3 is 20.1 Å². The molecule has 2 amide bonds. The van der Waals surface area contributed by atoms with Gasteiger partial charge in [0, 0.05) is 30.2 Å². The molecule has 12 heteroatoms. The number of hydrogen-bond donors (Lipinski definition) is 2. The Morgan fingerprint density at radius 2 is 2.14 bits per heavy atom. The van der Waals surface area contributed by atoms with Crippen molar-refractivity contribution in [1.29, 1.82) is 5.26 Å². The van der Waals surface area contributed by atoms with E-state index in [2.05, 4.69) is 21.5 Å². The summed E-state index contributed by atoms with van der Waals surface area (Å²) in [6.07, 6.45) is 1.24. The van der Waals surface area contributed by atoms with E-state index in [0.29, 0.717) is 36.2 Å². The normalized spacial score (nSPS) is 15.8. The number of carbonyl (C=O) groups excluding carboxylic acids is 1. The van der Waals surface area contributed by atoms with Crippen LogP contribution in [0.4, 0.5) is 21.2 Å². The second kappa shape index (κ2) is 10.5. The zero-order valence-electron chi connectivity index (χ0n) is 20.8. The number of piperidine rings is 1. The minimum atomic E-state index is -0.976. The predicted octanol–water partition coefficient (Wildman–Crippen LogP) is 4.75. The Morgan fingerprint density at radius 1 is 1.35 bits per heavy atom. The molecule has 1 aliphatic rings. The van der Waals surface area contributed by atoms with Gasteiger partial charge in [-0.3, -0.25) is 4.90 Å². The lowest BCUT2D eigenvalue weighted by Crippen LogP contribution is -2.44. The highest BCUT2D eigenvalue weighted by Crippen LogP contribution is 2.27. The van der Waals surface area contributed by atoms with Gasteiger partial charge in [-0.2, -0.15) is 14.9 Å². The number of hydrogen-bond acceptors (Lipinski definition) is 7. The first-order valence-electron chi connectivity index (χ1n) is 11.8. The first-order valence-corrected chi connectivity index (χ1v) is 12.2. The average molecular weight is 526 g/mol. The topological polar surface area (TPSA) is 136 Å². The number of rotatable bonds is 5. The number of nitrogens with zero attached hydrogens (tertiary/aromatic N) is 6. The van der Waals surface area contributed by atoms with Crippen LogP contribution in [0.1, 0.15) is 44.7 Å². The quantitative estimate of drug-likeness (QED) is 0.487. The van der Waals surface area contributed by atoms with Crippen molar-refractivity contribution in [3.63, 3.8) is 0 Å². The first-order chi connectivity index (χ1) is 17.5. The fraction of sp³-hybridized carbons (Fsp3) is 0.400. The standard InChI is InChI=1S/C25H28ClN7O4/c1-25(2,3)37-24(36)32(14-16-6-4-7-18(26)10-16)21-11-20(30-22-17(12-27)13-28-33(21)22)29-19-8-5-9-31(15-19)23(34)35/h4,6-7,10-11,13,19H,5,8-9,14-15H2,1-3H3,(H,29,30)(H,34,35)/t19-/m0/s1. The van der Waals surface area contributed by atoms with Crippen LogP contribution in [0.25, 0.3) is 5.65 Å². The molecule has 1 atom stereocenters. The molecule has 0 bridgehead atoms. The zero-order valence-corrected chi connectivity index (χ0v) is 21.6. The summed E-state index contributed by atoms with van der Waals surface area (Å²) < 4.78 is 7.12. The molecule has 4 rings (SSSR count). The van der Waals surface area contributed by atoms with Crippen molar-refractivity contribution < 1.29 is 19.4 Å². The number of benzene rings is 1. The van der Waals surface area contributed by atoms with Gasteiger partial charge in [0.05, 0.1) is 12.7 Å². The lowest BCUT2D eigenvalue weighted by Gasteiger charge is -2.32. The average Bonchev–Trinajstić information content (AvgIpc) is 3.24. The molecule has 194 valence electrons. The number of amides is 2. The molecule has 0 spiro atoms. The summed E-state index contributed by atoms with van der Waals surface area (Å²) in [7, 11) is 0. The fourth-order valence-corrected chi connectivity index (χ4v) is 4.36. The van der Waals surface area contributed by atoms with E-state index in [0.717, 1.165) is 12.0 Å². The van der Waals surface area contributed by atoms with Crippen molar-refractivity contribution in [1.82, 2.24) is 19.5 Å². The molecule has 0 unspecified atom stereocenters. The van der Waals surface area contributed by atoms with Crippen LogP contribution in [0.5, 0.6) is 0 Å². The number of nitriles is 1. The second-order valence-corrected chi connectivity index (χ2v) is 10.2. The third-order valence-electron chi connectivity index (χ3n) is 5.74. The molecular weight excluding hydrogens is 498 g/mol. The minimum Gasteiger partial charge on any atom is -0.465 e. The molecule has 11 nitrogen and oxygen atoms in total. The van der Waals surface area contributed by atoms with Crippen molar-refractivity contribution in [2.45, 2.75) is 51.8 Å². The SMILES string of the molecule is CC(C)(C)OC(=O)N(Cc1cccc(Cl)c1)c1cc(N[C@H]2CCCN(C(=O)O)C2)nc2c(C#N)cnn12. The molecule has 0 aliphatic carbocycles. The highest BCUT2D eigenvalue weighted by atomic mass is 35.5. The maximum absolute atomic E-state index is 13.4. The van der Waals surface area contributed by atoms with Crippen LogP contribution in [-0.2, 0) is 11.3 Å². The van der Waals surface area contributed by atoms with Crippen LogP contribution in [0.2, 0.25) is 5.02 Å². The first kappa shape index (κ1) is 26.0. The minimum absolute atomic E-state index is 0.117. The number of likely N-dealkylation sites (tertiary alicyclic amines) is 1. The van der Waals surface area contributed by atoms with E-state index in [4.69, 9.17) is 16.3 Å². The number of carbonyl (C=O) groups is 2. The molecule has 3 heterocycles. The summed E-state index contributed by atoms with van der Waals surface area (Å²) in [5, 5.41) is 27.2. The molecule has 0 radical (unpaired) electrons. The lowest BCUT2D eigenvalue weighted by atomic mass is 10.1. The van der Waals surface area contributed by atoms with Crippen LogP contribution >= 0.6 is 11.6 Å². The lowest BCUT2D eigenvalue weighted by molar-refractivity contribution is 0.0575. The predicted molar refractivity (Wildman–Crippen MR) is 138 cm³/mol. The Hall–Kier alpha value is -4.04. The molecule has 1 saturated heterocycles. The second-order valence-electron chi connectivity index (χ2n) is 9.81. The third kappa shape index (κ3) is 6.21. The van der Waals surface area contributed by atoms with Crippen molar-refractivity contribution >= 4 is 41.1 Å². The summed E-state index contributed by atoms with van der Waals surface area (Å²) >= 11 is 6.19. The summed E-state index contributed by atoms with van der Waals surface area (Å²) in [5.41, 5.74) is 0.483. The monoisotopic (exact) mass is 525 g/mol. The van der Waals surface area contributed by atoms with Crippen molar-refractivity contribution in [2.75, 3.05) is 23.3 Å². The molecule has 1 aromatic carbocycles. The summed E-state index contributed by atoms with van der Waals surface area (Å²) in [5.74, 6) is 0.713. The van der Waals surface area contributed by atoms with Crippen LogP contribution in [0, 0.1) is 11.3 Å². The van der Waals surface area contributed by atoms with Gasteiger partial charge in [-0.05, 0) is 51.3 Å². The molecule has 3 aromatic rings. The molecule has 2 N–H and O–H groups in total. The maximum atomic E-state index is 13.4. The van der Waals surface area contributed by atoms with E-state index in [1.165, 1.54) is 20.5 Å². The highest BCUT2D eigenvalue weighted by Gasteiger charge is 2.28. The van der Waals surface area contributed by atoms with Crippen molar-refractivity contribution in [3.05, 3.63) is 52.7 Å². The van der Waals surface area contributed by atoms with Gasteiger partial charge in [0.25, 0.3) is 0 Å². The Kier molecular flexibility index (Phi) is 7.40. The van der Waals surface area contributed by atoms with E-state index in [1.54, 1.807) is 45.0 Å². The number of aromatic nitrogens is 3. The van der Waals surface area contributed by atoms with Gasteiger partial charge in [0.15, 0.2) is 5.65 Å². The van der Waals surface area contributed by atoms with Crippen molar-refractivity contribution in [3.8, 4) is 6.07 Å². The van der Waals surface area contributed by atoms with E-state index in [9.17, 15) is 20.0 Å². The van der Waals surface area contributed by atoms with Crippen LogP contribution in [-0.4, -0.2) is 61.5 Å².